The Morgan fingerprint density at radius 2 is 2.16 bits per heavy atom. The Hall–Kier alpha value is -0.940. The van der Waals surface area contributed by atoms with Crippen molar-refractivity contribution in [1.29, 1.82) is 0 Å². The van der Waals surface area contributed by atoms with Gasteiger partial charge < -0.3 is 10.1 Å². The van der Waals surface area contributed by atoms with Crippen molar-refractivity contribution in [1.82, 2.24) is 5.32 Å². The molecular formula is C14H15BrFNO2. The quantitative estimate of drug-likeness (QED) is 0.927. The molecule has 5 heteroatoms. The van der Waals surface area contributed by atoms with Gasteiger partial charge >= 0.3 is 0 Å². The molecule has 1 saturated heterocycles. The number of halogens is 2. The second kappa shape index (κ2) is 5.21. The van der Waals surface area contributed by atoms with Crippen molar-refractivity contribution in [2.45, 2.75) is 31.4 Å². The largest absolute Gasteiger partial charge is 0.376 e. The number of benzene rings is 1. The van der Waals surface area contributed by atoms with E-state index in [0.717, 1.165) is 6.42 Å². The van der Waals surface area contributed by atoms with E-state index in [4.69, 9.17) is 4.74 Å². The second-order valence-electron chi connectivity index (χ2n) is 5.17. The van der Waals surface area contributed by atoms with E-state index in [9.17, 15) is 9.18 Å². The van der Waals surface area contributed by atoms with Gasteiger partial charge in [-0.2, -0.15) is 0 Å². The number of nitrogens with one attached hydrogen (secondary N) is 1. The van der Waals surface area contributed by atoms with Crippen molar-refractivity contribution in [3.8, 4) is 0 Å². The first kappa shape index (κ1) is 13.1. The molecule has 102 valence electrons. The summed E-state index contributed by atoms with van der Waals surface area (Å²) in [6.45, 7) is 0.705. The van der Waals surface area contributed by atoms with Crippen LogP contribution in [0, 0.1) is 11.7 Å². The van der Waals surface area contributed by atoms with Crippen LogP contribution in [-0.2, 0) is 4.74 Å². The van der Waals surface area contributed by atoms with E-state index in [1.54, 1.807) is 0 Å². The molecule has 1 saturated carbocycles. The van der Waals surface area contributed by atoms with Crippen LogP contribution < -0.4 is 5.32 Å². The molecule has 2 atom stereocenters. The molecule has 19 heavy (non-hydrogen) atoms. The number of hydrogen-bond acceptors (Lipinski definition) is 2. The minimum Gasteiger partial charge on any atom is -0.376 e. The molecule has 1 aromatic rings. The highest BCUT2D eigenvalue weighted by Gasteiger charge is 2.41. The van der Waals surface area contributed by atoms with Gasteiger partial charge in [0, 0.05) is 11.1 Å². The van der Waals surface area contributed by atoms with Crippen molar-refractivity contribution in [2.24, 2.45) is 5.92 Å². The number of amides is 1. The van der Waals surface area contributed by atoms with E-state index < -0.39 is 0 Å². The predicted octanol–water partition coefficient (Wildman–Crippen LogP) is 2.89. The number of hydrogen-bond donors (Lipinski definition) is 1. The van der Waals surface area contributed by atoms with Gasteiger partial charge in [-0.25, -0.2) is 4.39 Å². The molecule has 1 N–H and O–H groups in total. The first-order valence-electron chi connectivity index (χ1n) is 6.52. The molecule has 3 nitrogen and oxygen atoms in total. The van der Waals surface area contributed by atoms with E-state index in [0.29, 0.717) is 22.6 Å². The normalized spacial score (nSPS) is 26.4. The van der Waals surface area contributed by atoms with E-state index >= 15 is 0 Å². The van der Waals surface area contributed by atoms with Gasteiger partial charge in [-0.3, -0.25) is 4.79 Å². The summed E-state index contributed by atoms with van der Waals surface area (Å²) in [6, 6.07) is 4.18. The SMILES string of the molecule is O=C(NC1CCOC1C1CC1)c1ccc(F)cc1Br. The molecule has 3 rings (SSSR count). The Morgan fingerprint density at radius 3 is 2.84 bits per heavy atom. The lowest BCUT2D eigenvalue weighted by Crippen LogP contribution is -2.41. The molecule has 1 aliphatic carbocycles. The number of rotatable bonds is 3. The van der Waals surface area contributed by atoms with E-state index in [2.05, 4.69) is 21.2 Å². The van der Waals surface area contributed by atoms with Gasteiger partial charge in [0.15, 0.2) is 0 Å². The lowest BCUT2D eigenvalue weighted by molar-refractivity contribution is 0.0729. The van der Waals surface area contributed by atoms with Crippen LogP contribution in [0.4, 0.5) is 4.39 Å². The van der Waals surface area contributed by atoms with Crippen molar-refractivity contribution in [2.75, 3.05) is 6.61 Å². The van der Waals surface area contributed by atoms with E-state index in [-0.39, 0.29) is 23.9 Å². The maximum absolute atomic E-state index is 13.0. The molecule has 2 aliphatic rings. The standard InChI is InChI=1S/C14H15BrFNO2/c15-11-7-9(16)3-4-10(11)14(18)17-12-5-6-19-13(12)8-1-2-8/h3-4,7-8,12-13H,1-2,5-6H2,(H,17,18). The zero-order chi connectivity index (χ0) is 13.4. The van der Waals surface area contributed by atoms with Gasteiger partial charge in [0.25, 0.3) is 5.91 Å². The molecule has 0 bridgehead atoms. The van der Waals surface area contributed by atoms with Crippen molar-refractivity contribution in [3.63, 3.8) is 0 Å². The Kier molecular flexibility index (Phi) is 3.58. The smallest absolute Gasteiger partial charge is 0.252 e. The highest BCUT2D eigenvalue weighted by molar-refractivity contribution is 9.10. The first-order valence-corrected chi connectivity index (χ1v) is 7.32. The fourth-order valence-corrected chi connectivity index (χ4v) is 3.11. The van der Waals surface area contributed by atoms with E-state index in [1.807, 2.05) is 0 Å². The Bertz CT molecular complexity index is 504. The average molecular weight is 328 g/mol. The predicted molar refractivity (Wildman–Crippen MR) is 72.4 cm³/mol. The maximum Gasteiger partial charge on any atom is 0.252 e. The molecular weight excluding hydrogens is 313 g/mol. The topological polar surface area (TPSA) is 38.3 Å². The van der Waals surface area contributed by atoms with Crippen molar-refractivity contribution in [3.05, 3.63) is 34.1 Å². The van der Waals surface area contributed by atoms with Crippen LogP contribution in [0.1, 0.15) is 29.6 Å². The summed E-state index contributed by atoms with van der Waals surface area (Å²) in [5.74, 6) is 0.0703. The maximum atomic E-state index is 13.0. The Labute approximate surface area is 119 Å². The van der Waals surface area contributed by atoms with Gasteiger partial charge in [0.2, 0.25) is 0 Å². The molecule has 1 amide bonds. The summed E-state index contributed by atoms with van der Waals surface area (Å²) in [7, 11) is 0. The Balaban J connectivity index is 1.70. The van der Waals surface area contributed by atoms with Crippen LogP contribution in [0.25, 0.3) is 0 Å². The highest BCUT2D eigenvalue weighted by atomic mass is 79.9. The van der Waals surface area contributed by atoms with Gasteiger partial charge in [-0.15, -0.1) is 0 Å². The summed E-state index contributed by atoms with van der Waals surface area (Å²) in [4.78, 5) is 12.2. The molecule has 1 heterocycles. The fourth-order valence-electron chi connectivity index (χ4n) is 2.57. The molecule has 0 spiro atoms. The first-order chi connectivity index (χ1) is 9.15. The summed E-state index contributed by atoms with van der Waals surface area (Å²) in [5.41, 5.74) is 0.461. The third kappa shape index (κ3) is 2.82. The van der Waals surface area contributed by atoms with Gasteiger partial charge in [-0.05, 0) is 59.3 Å². The summed E-state index contributed by atoms with van der Waals surface area (Å²) < 4.78 is 19.2. The lowest BCUT2D eigenvalue weighted by Gasteiger charge is -2.19. The number of carbonyl (C=O) groups is 1. The third-order valence-electron chi connectivity index (χ3n) is 3.71. The zero-order valence-corrected chi connectivity index (χ0v) is 12.0. The Morgan fingerprint density at radius 1 is 1.37 bits per heavy atom. The summed E-state index contributed by atoms with van der Waals surface area (Å²) in [6.07, 6.45) is 3.39. The fraction of sp³-hybridized carbons (Fsp3) is 0.500. The van der Waals surface area contributed by atoms with Gasteiger partial charge in [-0.1, -0.05) is 0 Å². The highest BCUT2D eigenvalue weighted by Crippen LogP contribution is 2.38. The van der Waals surface area contributed by atoms with Crippen LogP contribution in [0.5, 0.6) is 0 Å². The minimum atomic E-state index is -0.358. The summed E-state index contributed by atoms with van der Waals surface area (Å²) in [5, 5.41) is 3.01. The van der Waals surface area contributed by atoms with Crippen molar-refractivity contribution < 1.29 is 13.9 Å². The number of ether oxygens (including phenoxy) is 1. The monoisotopic (exact) mass is 327 g/mol. The van der Waals surface area contributed by atoms with Gasteiger partial charge in [0.05, 0.1) is 17.7 Å². The van der Waals surface area contributed by atoms with Crippen LogP contribution in [0.2, 0.25) is 0 Å². The van der Waals surface area contributed by atoms with Crippen molar-refractivity contribution >= 4 is 21.8 Å². The van der Waals surface area contributed by atoms with Crippen LogP contribution >= 0.6 is 15.9 Å². The van der Waals surface area contributed by atoms with Crippen LogP contribution in [-0.4, -0.2) is 24.7 Å². The number of carbonyl (C=O) groups excluding carboxylic acids is 1. The molecule has 2 fully saturated rings. The molecule has 1 aromatic carbocycles. The van der Waals surface area contributed by atoms with E-state index in [1.165, 1.54) is 31.0 Å². The molecule has 0 radical (unpaired) electrons. The average Bonchev–Trinajstić information content (AvgIpc) is 3.10. The van der Waals surface area contributed by atoms with Crippen LogP contribution in [0.15, 0.2) is 22.7 Å². The zero-order valence-electron chi connectivity index (χ0n) is 10.4. The third-order valence-corrected chi connectivity index (χ3v) is 4.37. The second-order valence-corrected chi connectivity index (χ2v) is 6.02. The van der Waals surface area contributed by atoms with Crippen LogP contribution in [0.3, 0.4) is 0 Å². The molecule has 1 aliphatic heterocycles. The lowest BCUT2D eigenvalue weighted by atomic mass is 10.1. The minimum absolute atomic E-state index is 0.0805. The summed E-state index contributed by atoms with van der Waals surface area (Å²) >= 11 is 3.22. The molecule has 2 unspecified atom stereocenters. The van der Waals surface area contributed by atoms with Gasteiger partial charge in [0.1, 0.15) is 5.82 Å². The molecule has 0 aromatic heterocycles.